The third-order valence-corrected chi connectivity index (χ3v) is 3.28. The molecule has 0 fully saturated rings. The summed E-state index contributed by atoms with van der Waals surface area (Å²) < 4.78 is 0. The molecule has 106 valence electrons. The summed E-state index contributed by atoms with van der Waals surface area (Å²) in [5.74, 6) is -0.102. The molecule has 1 aromatic carbocycles. The van der Waals surface area contributed by atoms with Gasteiger partial charge < -0.3 is 15.4 Å². The van der Waals surface area contributed by atoms with Crippen molar-refractivity contribution in [1.29, 1.82) is 0 Å². The first-order valence-electron chi connectivity index (χ1n) is 6.67. The summed E-state index contributed by atoms with van der Waals surface area (Å²) in [6.07, 6.45) is 3.79. The van der Waals surface area contributed by atoms with Crippen LogP contribution >= 0.6 is 0 Å². The molecular formula is C16H15N3O2. The maximum atomic E-state index is 12.1. The van der Waals surface area contributed by atoms with E-state index in [9.17, 15) is 4.79 Å². The number of benzene rings is 1. The number of aromatic nitrogens is 2. The maximum Gasteiger partial charge on any atom is 0.228 e. The van der Waals surface area contributed by atoms with E-state index in [2.05, 4.69) is 15.3 Å². The second-order valence-corrected chi connectivity index (χ2v) is 4.80. The molecule has 0 saturated carbocycles. The van der Waals surface area contributed by atoms with Gasteiger partial charge in [0.25, 0.3) is 0 Å². The van der Waals surface area contributed by atoms with Crippen LogP contribution in [0, 0.1) is 0 Å². The number of carbonyl (C=O) groups is 1. The smallest absolute Gasteiger partial charge is 0.228 e. The molecule has 0 aliphatic heterocycles. The van der Waals surface area contributed by atoms with Crippen LogP contribution in [-0.4, -0.2) is 21.0 Å². The first-order chi connectivity index (χ1) is 10.3. The van der Waals surface area contributed by atoms with Gasteiger partial charge >= 0.3 is 0 Å². The Morgan fingerprint density at radius 1 is 1.29 bits per heavy atom. The molecule has 0 radical (unpaired) electrons. The van der Waals surface area contributed by atoms with E-state index in [1.165, 1.54) is 0 Å². The first-order valence-corrected chi connectivity index (χ1v) is 6.67. The maximum absolute atomic E-state index is 12.1. The zero-order chi connectivity index (χ0) is 14.7. The van der Waals surface area contributed by atoms with Crippen molar-refractivity contribution in [3.63, 3.8) is 0 Å². The van der Waals surface area contributed by atoms with Gasteiger partial charge in [0.05, 0.1) is 13.0 Å². The minimum atomic E-state index is -0.102. The lowest BCUT2D eigenvalue weighted by Gasteiger charge is -2.06. The zero-order valence-electron chi connectivity index (χ0n) is 11.3. The van der Waals surface area contributed by atoms with Crippen LogP contribution in [0.4, 0.5) is 5.69 Å². The van der Waals surface area contributed by atoms with E-state index in [4.69, 9.17) is 5.11 Å². The van der Waals surface area contributed by atoms with E-state index in [-0.39, 0.29) is 18.9 Å². The van der Waals surface area contributed by atoms with Gasteiger partial charge in [-0.3, -0.25) is 4.79 Å². The van der Waals surface area contributed by atoms with E-state index >= 15 is 0 Å². The van der Waals surface area contributed by atoms with Crippen molar-refractivity contribution in [2.45, 2.75) is 13.0 Å². The molecule has 2 heterocycles. The average Bonchev–Trinajstić information content (AvgIpc) is 2.91. The highest BCUT2D eigenvalue weighted by atomic mass is 16.3. The topological polar surface area (TPSA) is 78.0 Å². The summed E-state index contributed by atoms with van der Waals surface area (Å²) in [4.78, 5) is 19.4. The van der Waals surface area contributed by atoms with Gasteiger partial charge in [0.1, 0.15) is 5.65 Å². The predicted octanol–water partition coefficient (Wildman–Crippen LogP) is 2.24. The lowest BCUT2D eigenvalue weighted by atomic mass is 10.1. The molecule has 0 bridgehead atoms. The number of nitrogens with one attached hydrogen (secondary N) is 2. The van der Waals surface area contributed by atoms with Crippen molar-refractivity contribution in [1.82, 2.24) is 9.97 Å². The Bertz CT molecular complexity index is 780. The van der Waals surface area contributed by atoms with Crippen LogP contribution in [0.1, 0.15) is 11.1 Å². The van der Waals surface area contributed by atoms with Gasteiger partial charge in [-0.15, -0.1) is 0 Å². The Morgan fingerprint density at radius 2 is 2.19 bits per heavy atom. The molecule has 2 aromatic heterocycles. The summed E-state index contributed by atoms with van der Waals surface area (Å²) in [7, 11) is 0. The lowest BCUT2D eigenvalue weighted by Crippen LogP contribution is -2.14. The van der Waals surface area contributed by atoms with Crippen LogP contribution in [0.2, 0.25) is 0 Å². The third kappa shape index (κ3) is 2.93. The van der Waals surface area contributed by atoms with E-state index in [1.54, 1.807) is 36.7 Å². The zero-order valence-corrected chi connectivity index (χ0v) is 11.3. The molecule has 5 nitrogen and oxygen atoms in total. The van der Waals surface area contributed by atoms with Gasteiger partial charge in [0.2, 0.25) is 5.91 Å². The molecular weight excluding hydrogens is 266 g/mol. The number of amides is 1. The Labute approximate surface area is 121 Å². The number of aliphatic hydroxyl groups excluding tert-OH is 1. The number of carbonyl (C=O) groups excluding carboxylic acids is 1. The number of fused-ring (bicyclic) bond motifs is 1. The van der Waals surface area contributed by atoms with Crippen LogP contribution in [-0.2, 0) is 17.8 Å². The summed E-state index contributed by atoms with van der Waals surface area (Å²) >= 11 is 0. The van der Waals surface area contributed by atoms with Crippen molar-refractivity contribution >= 4 is 22.6 Å². The number of aromatic amines is 1. The summed E-state index contributed by atoms with van der Waals surface area (Å²) in [6, 6.07) is 11.0. The van der Waals surface area contributed by atoms with Crippen molar-refractivity contribution in [3.8, 4) is 0 Å². The fraction of sp³-hybridized carbons (Fsp3) is 0.125. The van der Waals surface area contributed by atoms with Crippen molar-refractivity contribution in [3.05, 3.63) is 59.9 Å². The second-order valence-electron chi connectivity index (χ2n) is 4.80. The number of hydrogen-bond acceptors (Lipinski definition) is 3. The molecule has 0 aliphatic rings. The first kappa shape index (κ1) is 13.3. The molecule has 3 rings (SSSR count). The van der Waals surface area contributed by atoms with Crippen molar-refractivity contribution in [2.24, 2.45) is 0 Å². The Kier molecular flexibility index (Phi) is 3.66. The van der Waals surface area contributed by atoms with E-state index in [1.807, 2.05) is 12.1 Å². The van der Waals surface area contributed by atoms with Gasteiger partial charge in [-0.25, -0.2) is 4.98 Å². The van der Waals surface area contributed by atoms with Crippen LogP contribution in [0.5, 0.6) is 0 Å². The highest BCUT2D eigenvalue weighted by Gasteiger charge is 2.09. The molecule has 21 heavy (non-hydrogen) atoms. The molecule has 0 spiro atoms. The lowest BCUT2D eigenvalue weighted by molar-refractivity contribution is -0.115. The number of anilines is 1. The van der Waals surface area contributed by atoms with Crippen LogP contribution < -0.4 is 5.32 Å². The molecule has 0 atom stereocenters. The summed E-state index contributed by atoms with van der Waals surface area (Å²) in [5.41, 5.74) is 3.14. The van der Waals surface area contributed by atoms with Crippen LogP contribution in [0.25, 0.3) is 11.0 Å². The van der Waals surface area contributed by atoms with Crippen LogP contribution in [0.15, 0.2) is 48.8 Å². The van der Waals surface area contributed by atoms with Gasteiger partial charge in [0, 0.05) is 23.5 Å². The molecule has 3 aromatic rings. The SMILES string of the molecule is O=C(Cc1c[nH]c2ncccc12)Nc1cccc(CO)c1. The fourth-order valence-electron chi connectivity index (χ4n) is 2.28. The number of pyridine rings is 1. The predicted molar refractivity (Wildman–Crippen MR) is 80.8 cm³/mol. The summed E-state index contributed by atoms with van der Waals surface area (Å²) in [6.45, 7) is -0.0438. The third-order valence-electron chi connectivity index (χ3n) is 3.28. The van der Waals surface area contributed by atoms with E-state index < -0.39 is 0 Å². The summed E-state index contributed by atoms with van der Waals surface area (Å²) in [5, 5.41) is 12.9. The normalized spacial score (nSPS) is 10.7. The van der Waals surface area contributed by atoms with Crippen molar-refractivity contribution in [2.75, 3.05) is 5.32 Å². The molecule has 1 amide bonds. The average molecular weight is 281 g/mol. The molecule has 0 saturated heterocycles. The second kappa shape index (κ2) is 5.76. The molecule has 0 aliphatic carbocycles. The minimum Gasteiger partial charge on any atom is -0.392 e. The standard InChI is InChI=1S/C16H15N3O2/c20-10-11-3-1-4-13(7-11)19-15(21)8-12-9-18-16-14(12)5-2-6-17-16/h1-7,9,20H,8,10H2,(H,17,18)(H,19,21). The Balaban J connectivity index is 1.74. The van der Waals surface area contributed by atoms with Gasteiger partial charge in [0.15, 0.2) is 0 Å². The highest BCUT2D eigenvalue weighted by Crippen LogP contribution is 2.17. The minimum absolute atomic E-state index is 0.0438. The fourth-order valence-corrected chi connectivity index (χ4v) is 2.28. The van der Waals surface area contributed by atoms with Crippen LogP contribution in [0.3, 0.4) is 0 Å². The highest BCUT2D eigenvalue weighted by molar-refractivity contribution is 5.95. The number of aliphatic hydroxyl groups is 1. The number of rotatable bonds is 4. The van der Waals surface area contributed by atoms with Gasteiger partial charge in [-0.1, -0.05) is 12.1 Å². The molecule has 3 N–H and O–H groups in total. The largest absolute Gasteiger partial charge is 0.392 e. The number of nitrogens with zero attached hydrogens (tertiary/aromatic N) is 1. The van der Waals surface area contributed by atoms with Crippen molar-refractivity contribution < 1.29 is 9.90 Å². The Hall–Kier alpha value is -2.66. The number of H-pyrrole nitrogens is 1. The monoisotopic (exact) mass is 281 g/mol. The Morgan fingerprint density at radius 3 is 3.05 bits per heavy atom. The van der Waals surface area contributed by atoms with E-state index in [0.29, 0.717) is 5.69 Å². The van der Waals surface area contributed by atoms with Gasteiger partial charge in [-0.05, 0) is 35.4 Å². The molecule has 0 unspecified atom stereocenters. The quantitative estimate of drug-likeness (QED) is 0.686. The van der Waals surface area contributed by atoms with E-state index in [0.717, 1.165) is 22.2 Å². The number of hydrogen-bond donors (Lipinski definition) is 3. The molecule has 5 heteroatoms. The van der Waals surface area contributed by atoms with Gasteiger partial charge in [-0.2, -0.15) is 0 Å².